The summed E-state index contributed by atoms with van der Waals surface area (Å²) in [6.07, 6.45) is 3.47. The van der Waals surface area contributed by atoms with E-state index >= 15 is 0 Å². The Kier molecular flexibility index (Phi) is 4.03. The molecule has 0 aliphatic carbocycles. The van der Waals surface area contributed by atoms with Gasteiger partial charge >= 0.3 is 0 Å². The summed E-state index contributed by atoms with van der Waals surface area (Å²) in [4.78, 5) is 15.3. The first-order valence-electron chi connectivity index (χ1n) is 7.70. The number of rotatable bonds is 3. The topological polar surface area (TPSA) is 67.9 Å². The largest absolute Gasteiger partial charge is 0.384 e. The zero-order valence-corrected chi connectivity index (χ0v) is 14.8. The molecule has 0 spiro atoms. The van der Waals surface area contributed by atoms with Crippen molar-refractivity contribution in [2.45, 2.75) is 0 Å². The molecule has 0 saturated heterocycles. The third-order valence-electron chi connectivity index (χ3n) is 3.77. The van der Waals surface area contributed by atoms with Crippen LogP contribution in [0.25, 0.3) is 10.9 Å². The number of nitrogen functional groups attached to an aromatic ring is 1. The molecular formula is C19H14BrN5. The maximum absolute atomic E-state index is 5.87. The number of nitrogens with two attached hydrogens (primary N) is 1. The zero-order chi connectivity index (χ0) is 17.2. The van der Waals surface area contributed by atoms with Crippen molar-refractivity contribution >= 4 is 50.0 Å². The highest BCUT2D eigenvalue weighted by atomic mass is 79.9. The number of para-hydroxylation sites is 1. The second-order valence-corrected chi connectivity index (χ2v) is 6.40. The summed E-state index contributed by atoms with van der Waals surface area (Å²) in [5, 5.41) is 1.05. The van der Waals surface area contributed by atoms with Crippen molar-refractivity contribution in [1.82, 2.24) is 15.0 Å². The van der Waals surface area contributed by atoms with Crippen LogP contribution in [0.5, 0.6) is 0 Å². The van der Waals surface area contributed by atoms with Crippen LogP contribution >= 0.6 is 15.9 Å². The molecule has 0 amide bonds. The Morgan fingerprint density at radius 2 is 1.76 bits per heavy atom. The van der Waals surface area contributed by atoms with Gasteiger partial charge in [-0.1, -0.05) is 40.2 Å². The average Bonchev–Trinajstić information content (AvgIpc) is 2.62. The Hall–Kier alpha value is -2.99. The quantitative estimate of drug-likeness (QED) is 0.541. The van der Waals surface area contributed by atoms with Crippen molar-refractivity contribution in [1.29, 1.82) is 0 Å². The van der Waals surface area contributed by atoms with E-state index in [4.69, 9.17) is 5.73 Å². The van der Waals surface area contributed by atoms with Crippen LogP contribution in [0, 0.1) is 0 Å². The minimum Gasteiger partial charge on any atom is -0.384 e. The number of hydrogen-bond donors (Lipinski definition) is 1. The SMILES string of the molecule is Nc1ccnc(N(c2cccc(Br)c2)c2cnc3ccccc3c2)n1. The van der Waals surface area contributed by atoms with Crippen LogP contribution in [0.3, 0.4) is 0 Å². The van der Waals surface area contributed by atoms with E-state index in [-0.39, 0.29) is 0 Å². The molecule has 4 rings (SSSR count). The summed E-state index contributed by atoms with van der Waals surface area (Å²) in [5.41, 5.74) is 8.59. The smallest absolute Gasteiger partial charge is 0.236 e. The molecule has 0 radical (unpaired) electrons. The van der Waals surface area contributed by atoms with Crippen LogP contribution in [-0.4, -0.2) is 15.0 Å². The van der Waals surface area contributed by atoms with Crippen molar-refractivity contribution in [3.8, 4) is 0 Å². The predicted molar refractivity (Wildman–Crippen MR) is 104 cm³/mol. The zero-order valence-electron chi connectivity index (χ0n) is 13.2. The summed E-state index contributed by atoms with van der Waals surface area (Å²) >= 11 is 3.52. The Morgan fingerprint density at radius 3 is 2.60 bits per heavy atom. The van der Waals surface area contributed by atoms with Gasteiger partial charge in [0, 0.05) is 16.1 Å². The molecule has 4 aromatic rings. The standard InChI is InChI=1S/C19H14BrN5/c20-14-5-3-6-15(11-14)25(19-22-9-8-18(21)24-19)16-10-13-4-1-2-7-17(13)23-12-16/h1-12H,(H2,21,22,24). The number of benzene rings is 2. The molecule has 25 heavy (non-hydrogen) atoms. The van der Waals surface area contributed by atoms with Gasteiger partial charge in [0.1, 0.15) is 5.82 Å². The number of nitrogens with zero attached hydrogens (tertiary/aromatic N) is 4. The summed E-state index contributed by atoms with van der Waals surface area (Å²) < 4.78 is 0.965. The lowest BCUT2D eigenvalue weighted by atomic mass is 10.2. The molecule has 0 saturated carbocycles. The summed E-state index contributed by atoms with van der Waals surface area (Å²) in [5.74, 6) is 0.911. The normalized spacial score (nSPS) is 10.8. The molecule has 0 unspecified atom stereocenters. The molecule has 0 aliphatic heterocycles. The molecule has 2 aromatic carbocycles. The van der Waals surface area contributed by atoms with Gasteiger partial charge in [-0.25, -0.2) is 4.98 Å². The maximum Gasteiger partial charge on any atom is 0.236 e. The van der Waals surface area contributed by atoms with Gasteiger partial charge in [0.15, 0.2) is 0 Å². The molecule has 2 aromatic heterocycles. The lowest BCUT2D eigenvalue weighted by Crippen LogP contribution is -2.14. The molecule has 122 valence electrons. The lowest BCUT2D eigenvalue weighted by Gasteiger charge is -2.23. The van der Waals surface area contributed by atoms with E-state index in [9.17, 15) is 0 Å². The molecule has 0 bridgehead atoms. The Morgan fingerprint density at radius 1 is 0.880 bits per heavy atom. The lowest BCUT2D eigenvalue weighted by molar-refractivity contribution is 1.08. The van der Waals surface area contributed by atoms with Crippen LogP contribution in [0.15, 0.2) is 77.5 Å². The monoisotopic (exact) mass is 391 g/mol. The van der Waals surface area contributed by atoms with E-state index in [2.05, 4.69) is 36.9 Å². The van der Waals surface area contributed by atoms with Gasteiger partial charge < -0.3 is 5.73 Å². The third-order valence-corrected chi connectivity index (χ3v) is 4.26. The third kappa shape index (κ3) is 3.16. The number of hydrogen-bond acceptors (Lipinski definition) is 5. The summed E-state index contributed by atoms with van der Waals surface area (Å²) in [6, 6.07) is 19.7. The first-order valence-corrected chi connectivity index (χ1v) is 8.49. The Balaban J connectivity index is 1.92. The van der Waals surface area contributed by atoms with Gasteiger partial charge in [0.05, 0.1) is 23.1 Å². The van der Waals surface area contributed by atoms with Gasteiger partial charge in [-0.3, -0.25) is 9.88 Å². The number of anilines is 4. The van der Waals surface area contributed by atoms with Crippen LogP contribution in [0.1, 0.15) is 0 Å². The van der Waals surface area contributed by atoms with E-state index < -0.39 is 0 Å². The Labute approximate surface area is 153 Å². The van der Waals surface area contributed by atoms with Crippen LogP contribution in [0.4, 0.5) is 23.1 Å². The van der Waals surface area contributed by atoms with Crippen molar-refractivity contribution in [2.24, 2.45) is 0 Å². The fourth-order valence-electron chi connectivity index (χ4n) is 2.65. The van der Waals surface area contributed by atoms with Crippen molar-refractivity contribution in [3.63, 3.8) is 0 Å². The van der Waals surface area contributed by atoms with Crippen molar-refractivity contribution < 1.29 is 0 Å². The Bertz CT molecular complexity index is 1000. The fourth-order valence-corrected chi connectivity index (χ4v) is 3.03. The van der Waals surface area contributed by atoms with Crippen LogP contribution in [0.2, 0.25) is 0 Å². The predicted octanol–water partition coefficient (Wildman–Crippen LogP) is 4.84. The van der Waals surface area contributed by atoms with Gasteiger partial charge in [0.25, 0.3) is 0 Å². The van der Waals surface area contributed by atoms with Gasteiger partial charge in [0.2, 0.25) is 5.95 Å². The van der Waals surface area contributed by atoms with Gasteiger partial charge in [-0.05, 0) is 36.4 Å². The number of halogens is 1. The maximum atomic E-state index is 5.87. The van der Waals surface area contributed by atoms with E-state index in [1.165, 1.54) is 0 Å². The van der Waals surface area contributed by atoms with Crippen LogP contribution < -0.4 is 10.6 Å². The molecule has 5 nitrogen and oxygen atoms in total. The average molecular weight is 392 g/mol. The highest BCUT2D eigenvalue weighted by Crippen LogP contribution is 2.34. The van der Waals surface area contributed by atoms with E-state index in [0.717, 1.165) is 26.8 Å². The number of pyridine rings is 1. The highest BCUT2D eigenvalue weighted by Gasteiger charge is 2.16. The van der Waals surface area contributed by atoms with Gasteiger partial charge in [-0.15, -0.1) is 0 Å². The fraction of sp³-hybridized carbons (Fsp3) is 0. The minimum atomic E-state index is 0.416. The molecule has 6 heteroatoms. The molecule has 0 aliphatic rings. The second-order valence-electron chi connectivity index (χ2n) is 5.48. The number of aromatic nitrogens is 3. The first kappa shape index (κ1) is 15.5. The molecule has 0 fully saturated rings. The van der Waals surface area contributed by atoms with Gasteiger partial charge in [-0.2, -0.15) is 4.98 Å². The summed E-state index contributed by atoms with van der Waals surface area (Å²) in [6.45, 7) is 0. The molecule has 0 atom stereocenters. The minimum absolute atomic E-state index is 0.416. The van der Waals surface area contributed by atoms with Crippen molar-refractivity contribution in [3.05, 3.63) is 77.5 Å². The van der Waals surface area contributed by atoms with E-state index in [0.29, 0.717) is 11.8 Å². The number of fused-ring (bicyclic) bond motifs is 1. The second kappa shape index (κ2) is 6.49. The molecular weight excluding hydrogens is 378 g/mol. The first-order chi connectivity index (χ1) is 12.2. The molecule has 2 heterocycles. The van der Waals surface area contributed by atoms with Crippen LogP contribution in [-0.2, 0) is 0 Å². The molecule has 2 N–H and O–H groups in total. The van der Waals surface area contributed by atoms with Crippen molar-refractivity contribution in [2.75, 3.05) is 10.6 Å². The van der Waals surface area contributed by atoms with E-state index in [1.54, 1.807) is 12.3 Å². The highest BCUT2D eigenvalue weighted by molar-refractivity contribution is 9.10. The van der Waals surface area contributed by atoms with E-state index in [1.807, 2.05) is 59.6 Å². The summed E-state index contributed by atoms with van der Waals surface area (Å²) in [7, 11) is 0.